The number of carbonyl (C=O) groups excluding carboxylic acids is 2. The third-order valence-corrected chi connectivity index (χ3v) is 7.65. The fraction of sp³-hybridized carbons (Fsp3) is 0.345. The molecule has 1 aliphatic carbocycles. The van der Waals surface area contributed by atoms with Crippen molar-refractivity contribution in [2.24, 2.45) is 0 Å². The van der Waals surface area contributed by atoms with Gasteiger partial charge in [-0.05, 0) is 56.2 Å². The first-order chi connectivity index (χ1) is 18.9. The van der Waals surface area contributed by atoms with E-state index in [1.807, 2.05) is 31.2 Å². The lowest BCUT2D eigenvalue weighted by molar-refractivity contribution is -0.119. The molecule has 1 aliphatic heterocycles. The molecular formula is C29H32N8O2. The van der Waals surface area contributed by atoms with Crippen molar-refractivity contribution in [3.63, 3.8) is 0 Å². The summed E-state index contributed by atoms with van der Waals surface area (Å²) in [4.78, 5) is 41.6. The van der Waals surface area contributed by atoms with Crippen LogP contribution in [0.15, 0.2) is 54.9 Å². The van der Waals surface area contributed by atoms with Crippen molar-refractivity contribution >= 4 is 51.5 Å². The Labute approximate surface area is 227 Å². The minimum absolute atomic E-state index is 0.0581. The summed E-state index contributed by atoms with van der Waals surface area (Å²) >= 11 is 0. The minimum atomic E-state index is -0.418. The van der Waals surface area contributed by atoms with Crippen molar-refractivity contribution in [1.29, 1.82) is 0 Å². The van der Waals surface area contributed by atoms with E-state index in [9.17, 15) is 9.59 Å². The molecule has 0 spiro atoms. The van der Waals surface area contributed by atoms with Crippen LogP contribution >= 0.6 is 0 Å². The van der Waals surface area contributed by atoms with Crippen molar-refractivity contribution < 1.29 is 9.59 Å². The predicted molar refractivity (Wildman–Crippen MR) is 152 cm³/mol. The third kappa shape index (κ3) is 4.56. The van der Waals surface area contributed by atoms with Gasteiger partial charge in [-0.25, -0.2) is 4.98 Å². The van der Waals surface area contributed by atoms with Gasteiger partial charge in [0.05, 0.1) is 17.9 Å². The number of nitrogens with one attached hydrogen (secondary N) is 2. The first-order valence-corrected chi connectivity index (χ1v) is 13.4. The normalized spacial score (nSPS) is 17.8. The van der Waals surface area contributed by atoms with Crippen molar-refractivity contribution in [2.75, 3.05) is 29.2 Å². The van der Waals surface area contributed by atoms with Gasteiger partial charge in [-0.3, -0.25) is 19.6 Å². The number of anilines is 5. The second-order valence-electron chi connectivity index (χ2n) is 10.5. The van der Waals surface area contributed by atoms with Crippen LogP contribution in [0.2, 0.25) is 0 Å². The molecule has 3 heterocycles. The van der Waals surface area contributed by atoms with E-state index in [2.05, 4.69) is 25.4 Å². The van der Waals surface area contributed by atoms with E-state index in [4.69, 9.17) is 4.98 Å². The number of nitrogens with zero attached hydrogens (tertiary/aromatic N) is 6. The molecule has 0 radical (unpaired) electrons. The number of hydrogen-bond donors (Lipinski definition) is 2. The SMILES string of the molecule is C[C@@H]1C(=O)N(c2cccc(C(=O)N(C)C)c2)c2cnc(Nc3ccc4[nH]ncc4c3)nc2N1C1CCCCC1. The Bertz CT molecular complexity index is 1540. The number of aromatic nitrogens is 4. The maximum absolute atomic E-state index is 13.9. The van der Waals surface area contributed by atoms with Crippen molar-refractivity contribution in [3.05, 3.63) is 60.4 Å². The van der Waals surface area contributed by atoms with Crippen LogP contribution in [0.4, 0.5) is 28.8 Å². The molecule has 1 atom stereocenters. The van der Waals surface area contributed by atoms with Gasteiger partial charge in [0.25, 0.3) is 11.8 Å². The molecule has 10 nitrogen and oxygen atoms in total. The second-order valence-corrected chi connectivity index (χ2v) is 10.5. The van der Waals surface area contributed by atoms with Gasteiger partial charge in [-0.1, -0.05) is 25.3 Å². The largest absolute Gasteiger partial charge is 0.345 e. The maximum Gasteiger partial charge on any atom is 0.254 e. The highest BCUT2D eigenvalue weighted by atomic mass is 16.2. The quantitative estimate of drug-likeness (QED) is 0.378. The highest BCUT2D eigenvalue weighted by Gasteiger charge is 2.41. The highest BCUT2D eigenvalue weighted by molar-refractivity contribution is 6.10. The molecular weight excluding hydrogens is 492 g/mol. The lowest BCUT2D eigenvalue weighted by Crippen LogP contribution is -2.55. The number of aromatic amines is 1. The summed E-state index contributed by atoms with van der Waals surface area (Å²) in [5, 5.41) is 11.4. The van der Waals surface area contributed by atoms with Crippen LogP contribution < -0.4 is 15.1 Å². The van der Waals surface area contributed by atoms with Gasteiger partial charge in [0.2, 0.25) is 5.95 Å². The molecule has 2 aromatic heterocycles. The van der Waals surface area contributed by atoms with Crippen LogP contribution in [0.5, 0.6) is 0 Å². The number of H-pyrrole nitrogens is 1. The number of fused-ring (bicyclic) bond motifs is 2. The molecule has 4 aromatic rings. The number of benzene rings is 2. The van der Waals surface area contributed by atoms with Crippen molar-refractivity contribution in [2.45, 2.75) is 51.1 Å². The molecule has 2 aromatic carbocycles. The summed E-state index contributed by atoms with van der Waals surface area (Å²) in [6.07, 6.45) is 9.01. The monoisotopic (exact) mass is 524 g/mol. The van der Waals surface area contributed by atoms with E-state index in [0.717, 1.165) is 48.1 Å². The molecule has 6 rings (SSSR count). The van der Waals surface area contributed by atoms with Crippen LogP contribution in [0.25, 0.3) is 10.9 Å². The molecule has 1 saturated carbocycles. The van der Waals surface area contributed by atoms with E-state index >= 15 is 0 Å². The van der Waals surface area contributed by atoms with Crippen molar-refractivity contribution in [3.8, 4) is 0 Å². The molecule has 39 heavy (non-hydrogen) atoms. The Hall–Kier alpha value is -4.47. The third-order valence-electron chi connectivity index (χ3n) is 7.65. The number of amides is 2. The van der Waals surface area contributed by atoms with Crippen molar-refractivity contribution in [1.82, 2.24) is 25.1 Å². The zero-order valence-electron chi connectivity index (χ0n) is 22.4. The fourth-order valence-corrected chi connectivity index (χ4v) is 5.68. The van der Waals surface area contributed by atoms with Crippen LogP contribution in [-0.2, 0) is 4.79 Å². The summed E-state index contributed by atoms with van der Waals surface area (Å²) in [5.74, 6) is 0.997. The Morgan fingerprint density at radius 1 is 1.08 bits per heavy atom. The minimum Gasteiger partial charge on any atom is -0.345 e. The zero-order chi connectivity index (χ0) is 27.1. The first kappa shape index (κ1) is 24.8. The molecule has 10 heteroatoms. The van der Waals surface area contributed by atoms with Crippen LogP contribution in [0.1, 0.15) is 49.4 Å². The zero-order valence-corrected chi connectivity index (χ0v) is 22.4. The van der Waals surface area contributed by atoms with Gasteiger partial charge in [0.1, 0.15) is 11.7 Å². The average molecular weight is 525 g/mol. The Morgan fingerprint density at radius 2 is 1.90 bits per heavy atom. The Kier molecular flexibility index (Phi) is 6.38. The Morgan fingerprint density at radius 3 is 2.69 bits per heavy atom. The van der Waals surface area contributed by atoms with Crippen LogP contribution in [-0.4, -0.2) is 63.1 Å². The lowest BCUT2D eigenvalue weighted by atomic mass is 9.92. The maximum atomic E-state index is 13.9. The topological polar surface area (TPSA) is 110 Å². The summed E-state index contributed by atoms with van der Waals surface area (Å²) in [6.45, 7) is 1.95. The van der Waals surface area contributed by atoms with Gasteiger partial charge in [0, 0.05) is 42.5 Å². The Balaban J connectivity index is 1.43. The standard InChI is InChI=1S/C29H32N8O2/c1-18-27(38)37(23-11-7-8-19(15-23)28(39)35(2)3)25-17-30-29(32-21-12-13-24-20(14-21)16-31-34-24)33-26(25)36(18)22-9-5-4-6-10-22/h7-8,11-18,22H,4-6,9-10H2,1-3H3,(H,31,34)(H,30,32,33)/t18-/m1/s1. The number of rotatable bonds is 5. The van der Waals surface area contributed by atoms with Gasteiger partial charge in [-0.15, -0.1) is 0 Å². The first-order valence-electron chi connectivity index (χ1n) is 13.4. The van der Waals surface area contributed by atoms with E-state index in [0.29, 0.717) is 22.9 Å². The van der Waals surface area contributed by atoms with Gasteiger partial charge >= 0.3 is 0 Å². The van der Waals surface area contributed by atoms with E-state index in [1.54, 1.807) is 49.6 Å². The smallest absolute Gasteiger partial charge is 0.254 e. The summed E-state index contributed by atoms with van der Waals surface area (Å²) < 4.78 is 0. The van der Waals surface area contributed by atoms with Crippen LogP contribution in [0.3, 0.4) is 0 Å². The molecule has 0 unspecified atom stereocenters. The molecule has 2 aliphatic rings. The predicted octanol–water partition coefficient (Wildman–Crippen LogP) is 5.00. The lowest BCUT2D eigenvalue weighted by Gasteiger charge is -2.45. The van der Waals surface area contributed by atoms with Gasteiger partial charge in [-0.2, -0.15) is 10.1 Å². The molecule has 2 N–H and O–H groups in total. The summed E-state index contributed by atoms with van der Waals surface area (Å²) in [5.41, 5.74) is 3.56. The number of carbonyl (C=O) groups is 2. The molecule has 0 saturated heterocycles. The summed E-state index contributed by atoms with van der Waals surface area (Å²) in [6, 6.07) is 12.9. The summed E-state index contributed by atoms with van der Waals surface area (Å²) in [7, 11) is 3.43. The van der Waals surface area contributed by atoms with Gasteiger partial charge < -0.3 is 15.1 Å². The molecule has 2 amide bonds. The van der Waals surface area contributed by atoms with E-state index < -0.39 is 6.04 Å². The molecule has 200 valence electrons. The highest BCUT2D eigenvalue weighted by Crippen LogP contribution is 2.42. The van der Waals surface area contributed by atoms with Crippen LogP contribution in [0, 0.1) is 0 Å². The second kappa shape index (κ2) is 10.0. The van der Waals surface area contributed by atoms with E-state index in [-0.39, 0.29) is 17.9 Å². The average Bonchev–Trinajstić information content (AvgIpc) is 3.42. The fourth-order valence-electron chi connectivity index (χ4n) is 5.68. The van der Waals surface area contributed by atoms with Gasteiger partial charge in [0.15, 0.2) is 5.82 Å². The number of hydrogen-bond acceptors (Lipinski definition) is 7. The molecule has 1 fully saturated rings. The molecule has 0 bridgehead atoms. The van der Waals surface area contributed by atoms with E-state index in [1.165, 1.54) is 11.3 Å².